The monoisotopic (exact) mass is 249 g/mol. The van der Waals surface area contributed by atoms with Gasteiger partial charge in [-0.3, -0.25) is 4.79 Å². The summed E-state index contributed by atoms with van der Waals surface area (Å²) < 4.78 is 5.85. The van der Waals surface area contributed by atoms with Crippen molar-refractivity contribution in [2.75, 3.05) is 25.5 Å². The molecule has 5 nitrogen and oxygen atoms in total. The number of aromatic nitrogens is 1. The van der Waals surface area contributed by atoms with Crippen molar-refractivity contribution in [3.63, 3.8) is 0 Å². The van der Waals surface area contributed by atoms with Crippen molar-refractivity contribution in [1.82, 2.24) is 9.88 Å². The summed E-state index contributed by atoms with van der Waals surface area (Å²) in [6.45, 7) is 3.17. The molecule has 2 heterocycles. The number of amides is 1. The minimum atomic E-state index is 0.147. The normalized spacial score (nSPS) is 16.4. The molecule has 1 aromatic heterocycles. The first-order chi connectivity index (χ1) is 8.69. The van der Waals surface area contributed by atoms with E-state index in [1.807, 2.05) is 24.1 Å². The van der Waals surface area contributed by atoms with Crippen molar-refractivity contribution in [2.24, 2.45) is 0 Å². The molecule has 0 unspecified atom stereocenters. The van der Waals surface area contributed by atoms with E-state index in [1.165, 1.54) is 0 Å². The van der Waals surface area contributed by atoms with Crippen LogP contribution in [0.2, 0.25) is 0 Å². The number of nitrogens with one attached hydrogen (secondary N) is 1. The molecule has 1 N–H and O–H groups in total. The highest BCUT2D eigenvalue weighted by atomic mass is 16.5. The van der Waals surface area contributed by atoms with Gasteiger partial charge in [0.05, 0.1) is 6.20 Å². The van der Waals surface area contributed by atoms with Crippen molar-refractivity contribution in [3.05, 3.63) is 18.3 Å². The molecule has 0 atom stereocenters. The van der Waals surface area contributed by atoms with Gasteiger partial charge in [0.1, 0.15) is 17.7 Å². The molecule has 1 fully saturated rings. The Morgan fingerprint density at radius 2 is 2.17 bits per heavy atom. The van der Waals surface area contributed by atoms with E-state index in [0.29, 0.717) is 0 Å². The highest BCUT2D eigenvalue weighted by Gasteiger charge is 2.21. The third-order valence-corrected chi connectivity index (χ3v) is 3.18. The largest absolute Gasteiger partial charge is 0.489 e. The number of nitrogens with zero attached hydrogens (tertiary/aromatic N) is 2. The van der Waals surface area contributed by atoms with E-state index in [-0.39, 0.29) is 12.0 Å². The quantitative estimate of drug-likeness (QED) is 0.882. The zero-order valence-corrected chi connectivity index (χ0v) is 10.8. The molecule has 0 saturated carbocycles. The van der Waals surface area contributed by atoms with Crippen molar-refractivity contribution in [2.45, 2.75) is 25.9 Å². The van der Waals surface area contributed by atoms with Crippen LogP contribution in [-0.4, -0.2) is 42.0 Å². The molecular weight excluding hydrogens is 230 g/mol. The van der Waals surface area contributed by atoms with Crippen LogP contribution >= 0.6 is 0 Å². The number of carbonyl (C=O) groups excluding carboxylic acids is 1. The van der Waals surface area contributed by atoms with E-state index in [1.54, 1.807) is 13.1 Å². The Labute approximate surface area is 107 Å². The molecule has 98 valence electrons. The maximum Gasteiger partial charge on any atom is 0.219 e. The number of carbonyl (C=O) groups is 1. The van der Waals surface area contributed by atoms with Crippen molar-refractivity contribution >= 4 is 11.7 Å². The highest BCUT2D eigenvalue weighted by molar-refractivity contribution is 5.73. The number of ether oxygens (including phenoxy) is 1. The first-order valence-electron chi connectivity index (χ1n) is 6.25. The Balaban J connectivity index is 1.85. The van der Waals surface area contributed by atoms with Gasteiger partial charge in [-0.2, -0.15) is 0 Å². The van der Waals surface area contributed by atoms with Crippen molar-refractivity contribution in [3.8, 4) is 5.75 Å². The zero-order valence-electron chi connectivity index (χ0n) is 10.8. The first-order valence-corrected chi connectivity index (χ1v) is 6.25. The van der Waals surface area contributed by atoms with Crippen molar-refractivity contribution in [1.29, 1.82) is 0 Å². The summed E-state index contributed by atoms with van der Waals surface area (Å²) in [5, 5.41) is 2.97. The van der Waals surface area contributed by atoms with Crippen LogP contribution in [0.4, 0.5) is 5.82 Å². The molecule has 0 bridgehead atoms. The van der Waals surface area contributed by atoms with Crippen LogP contribution in [0.3, 0.4) is 0 Å². The number of piperidine rings is 1. The summed E-state index contributed by atoms with van der Waals surface area (Å²) in [5.74, 6) is 1.76. The molecule has 18 heavy (non-hydrogen) atoms. The van der Waals surface area contributed by atoms with Crippen LogP contribution in [0.5, 0.6) is 5.75 Å². The van der Waals surface area contributed by atoms with Gasteiger partial charge in [0.15, 0.2) is 0 Å². The maximum absolute atomic E-state index is 11.2. The van der Waals surface area contributed by atoms with E-state index in [2.05, 4.69) is 10.3 Å². The summed E-state index contributed by atoms with van der Waals surface area (Å²) in [4.78, 5) is 17.3. The Bertz CT molecular complexity index is 397. The number of hydrogen-bond acceptors (Lipinski definition) is 4. The number of anilines is 1. The molecule has 0 aromatic carbocycles. The smallest absolute Gasteiger partial charge is 0.219 e. The number of likely N-dealkylation sites (tertiary alicyclic amines) is 1. The SMILES string of the molecule is CNc1ccc(OC2CCN(C(C)=O)CC2)cn1. The van der Waals surface area contributed by atoms with Gasteiger partial charge in [0.25, 0.3) is 0 Å². The predicted molar refractivity (Wildman–Crippen MR) is 69.7 cm³/mol. The molecule has 0 radical (unpaired) electrons. The summed E-state index contributed by atoms with van der Waals surface area (Å²) in [6, 6.07) is 3.80. The second-order valence-electron chi connectivity index (χ2n) is 4.45. The third-order valence-electron chi connectivity index (χ3n) is 3.18. The summed E-state index contributed by atoms with van der Waals surface area (Å²) in [6.07, 6.45) is 3.67. The molecule has 0 spiro atoms. The average molecular weight is 249 g/mol. The highest BCUT2D eigenvalue weighted by Crippen LogP contribution is 2.19. The number of rotatable bonds is 3. The average Bonchev–Trinajstić information content (AvgIpc) is 2.40. The van der Waals surface area contributed by atoms with Crippen molar-refractivity contribution < 1.29 is 9.53 Å². The topological polar surface area (TPSA) is 54.5 Å². The number of pyridine rings is 1. The molecule has 1 aliphatic rings. The van der Waals surface area contributed by atoms with Crippen LogP contribution in [0.15, 0.2) is 18.3 Å². The van der Waals surface area contributed by atoms with E-state index in [4.69, 9.17) is 4.74 Å². The molecule has 1 aliphatic heterocycles. The van der Waals surface area contributed by atoms with E-state index in [0.717, 1.165) is 37.5 Å². The fraction of sp³-hybridized carbons (Fsp3) is 0.538. The van der Waals surface area contributed by atoms with Gasteiger partial charge >= 0.3 is 0 Å². The standard InChI is InChI=1S/C13H19N3O2/c1-10(17)16-7-5-11(6-8-16)18-12-3-4-13(14-2)15-9-12/h3-4,9,11H,5-8H2,1-2H3,(H,14,15). The summed E-state index contributed by atoms with van der Waals surface area (Å²) >= 11 is 0. The van der Waals surface area contributed by atoms with Crippen LogP contribution in [0.1, 0.15) is 19.8 Å². The first kappa shape index (κ1) is 12.7. The van der Waals surface area contributed by atoms with Gasteiger partial charge in [-0.1, -0.05) is 0 Å². The Morgan fingerprint density at radius 1 is 1.44 bits per heavy atom. The Hall–Kier alpha value is -1.78. The minimum absolute atomic E-state index is 0.147. The third kappa shape index (κ3) is 3.12. The lowest BCUT2D eigenvalue weighted by atomic mass is 10.1. The van der Waals surface area contributed by atoms with Gasteiger partial charge in [0.2, 0.25) is 5.91 Å². The second kappa shape index (κ2) is 5.71. The maximum atomic E-state index is 11.2. The minimum Gasteiger partial charge on any atom is -0.489 e. The zero-order chi connectivity index (χ0) is 13.0. The van der Waals surface area contributed by atoms with E-state index in [9.17, 15) is 4.79 Å². The molecule has 1 aromatic rings. The second-order valence-corrected chi connectivity index (χ2v) is 4.45. The van der Waals surface area contributed by atoms with Gasteiger partial charge in [-0.15, -0.1) is 0 Å². The molecule has 1 saturated heterocycles. The van der Waals surface area contributed by atoms with Crippen LogP contribution < -0.4 is 10.1 Å². The van der Waals surface area contributed by atoms with Crippen LogP contribution in [-0.2, 0) is 4.79 Å². The van der Waals surface area contributed by atoms with Gasteiger partial charge in [-0.25, -0.2) is 4.98 Å². The lowest BCUT2D eigenvalue weighted by Crippen LogP contribution is -2.40. The predicted octanol–water partition coefficient (Wildman–Crippen LogP) is 1.51. The number of hydrogen-bond donors (Lipinski definition) is 1. The lowest BCUT2D eigenvalue weighted by Gasteiger charge is -2.31. The molecule has 2 rings (SSSR count). The van der Waals surface area contributed by atoms with E-state index < -0.39 is 0 Å². The lowest BCUT2D eigenvalue weighted by molar-refractivity contribution is -0.130. The van der Waals surface area contributed by atoms with E-state index >= 15 is 0 Å². The van der Waals surface area contributed by atoms with Crippen LogP contribution in [0, 0.1) is 0 Å². The van der Waals surface area contributed by atoms with Gasteiger partial charge in [0, 0.05) is 39.9 Å². The fourth-order valence-corrected chi connectivity index (χ4v) is 2.08. The summed E-state index contributed by atoms with van der Waals surface area (Å²) in [7, 11) is 1.83. The summed E-state index contributed by atoms with van der Waals surface area (Å²) in [5.41, 5.74) is 0. The molecule has 5 heteroatoms. The van der Waals surface area contributed by atoms with Crippen LogP contribution in [0.25, 0.3) is 0 Å². The Kier molecular flexibility index (Phi) is 4.02. The van der Waals surface area contributed by atoms with Gasteiger partial charge < -0.3 is 15.0 Å². The Morgan fingerprint density at radius 3 is 2.67 bits per heavy atom. The molecular formula is C13H19N3O2. The molecule has 0 aliphatic carbocycles. The fourth-order valence-electron chi connectivity index (χ4n) is 2.08. The molecule has 1 amide bonds. The van der Waals surface area contributed by atoms with Gasteiger partial charge in [-0.05, 0) is 12.1 Å².